The van der Waals surface area contributed by atoms with Crippen LogP contribution in [-0.2, 0) is 9.53 Å². The van der Waals surface area contributed by atoms with Crippen LogP contribution in [-0.4, -0.2) is 53.5 Å². The number of carbonyl (C=O) groups excluding carboxylic acids is 2. The topological polar surface area (TPSA) is 152 Å². The molecule has 0 atom stereocenters. The highest BCUT2D eigenvalue weighted by atomic mass is 79.9. The summed E-state index contributed by atoms with van der Waals surface area (Å²) >= 11 is 6.53. The second-order valence-corrected chi connectivity index (χ2v) is 9.15. The highest BCUT2D eigenvalue weighted by molar-refractivity contribution is 9.11. The number of aromatic amines is 1. The fraction of sp³-hybridized carbons (Fsp3) is 0.208. The van der Waals surface area contributed by atoms with Crippen LogP contribution < -0.4 is 20.6 Å². The van der Waals surface area contributed by atoms with Gasteiger partial charge in [0.05, 0.1) is 30.1 Å². The number of H-pyrrole nitrogens is 1. The lowest BCUT2D eigenvalue weighted by atomic mass is 10.0. The SMILES string of the molecule is CCOC(=O)c1c(-c2ccc(OCC(=O)N/N=C\c3cc(Br)cc(Br)c3O)c(OC)c2)nc(=O)[nH]c1C. The van der Waals surface area contributed by atoms with Crippen LogP contribution in [0.2, 0.25) is 0 Å². The van der Waals surface area contributed by atoms with Crippen molar-refractivity contribution < 1.29 is 28.9 Å². The number of ether oxygens (including phenoxy) is 3. The summed E-state index contributed by atoms with van der Waals surface area (Å²) < 4.78 is 17.2. The Hall–Kier alpha value is -3.71. The molecule has 0 saturated carbocycles. The average Bonchev–Trinajstić information content (AvgIpc) is 2.85. The number of esters is 1. The fourth-order valence-electron chi connectivity index (χ4n) is 3.22. The molecule has 0 aliphatic rings. The van der Waals surface area contributed by atoms with Gasteiger partial charge in [-0.15, -0.1) is 0 Å². The zero-order valence-electron chi connectivity index (χ0n) is 19.9. The molecule has 37 heavy (non-hydrogen) atoms. The van der Waals surface area contributed by atoms with E-state index in [4.69, 9.17) is 14.2 Å². The van der Waals surface area contributed by atoms with Crippen LogP contribution in [0, 0.1) is 6.92 Å². The van der Waals surface area contributed by atoms with Gasteiger partial charge in [0.25, 0.3) is 5.91 Å². The summed E-state index contributed by atoms with van der Waals surface area (Å²) in [4.78, 5) is 43.1. The van der Waals surface area contributed by atoms with Gasteiger partial charge in [0.15, 0.2) is 18.1 Å². The molecule has 0 aliphatic heterocycles. The lowest BCUT2D eigenvalue weighted by Crippen LogP contribution is -2.24. The molecule has 1 amide bonds. The van der Waals surface area contributed by atoms with Gasteiger partial charge in [0.2, 0.25) is 0 Å². The van der Waals surface area contributed by atoms with E-state index in [-0.39, 0.29) is 35.1 Å². The molecule has 0 radical (unpaired) electrons. The Balaban J connectivity index is 1.75. The summed E-state index contributed by atoms with van der Waals surface area (Å²) in [6.07, 6.45) is 1.29. The predicted molar refractivity (Wildman–Crippen MR) is 142 cm³/mol. The van der Waals surface area contributed by atoms with Crippen molar-refractivity contribution in [3.05, 3.63) is 66.6 Å². The van der Waals surface area contributed by atoms with E-state index in [0.717, 1.165) is 0 Å². The normalized spacial score (nSPS) is 10.8. The van der Waals surface area contributed by atoms with Crippen LogP contribution in [0.1, 0.15) is 28.5 Å². The first kappa shape index (κ1) is 27.9. The minimum Gasteiger partial charge on any atom is -0.506 e. The number of phenolic OH excluding ortho intramolecular Hbond substituents is 1. The standard InChI is InChI=1S/C24H22Br2N4O7/c1-4-36-23(33)20-12(2)28-24(34)29-21(20)13-5-6-17(18(8-13)35-3)37-11-19(31)30-27-10-14-7-15(25)9-16(26)22(14)32/h5-10,32H,4,11H2,1-3H3,(H,30,31)(H,28,29,34)/b27-10-. The van der Waals surface area contributed by atoms with Crippen molar-refractivity contribution in [1.29, 1.82) is 0 Å². The van der Waals surface area contributed by atoms with Gasteiger partial charge < -0.3 is 24.3 Å². The van der Waals surface area contributed by atoms with Gasteiger partial charge >= 0.3 is 11.7 Å². The third-order valence-electron chi connectivity index (χ3n) is 4.85. The first-order valence-corrected chi connectivity index (χ1v) is 12.3. The number of nitrogens with zero attached hydrogens (tertiary/aromatic N) is 2. The summed E-state index contributed by atoms with van der Waals surface area (Å²) in [5.74, 6) is -0.741. The number of benzene rings is 2. The van der Waals surface area contributed by atoms with E-state index in [0.29, 0.717) is 25.8 Å². The van der Waals surface area contributed by atoms with Crippen LogP contribution in [0.3, 0.4) is 0 Å². The summed E-state index contributed by atoms with van der Waals surface area (Å²) in [5, 5.41) is 13.9. The molecule has 3 rings (SSSR count). The van der Waals surface area contributed by atoms with Crippen molar-refractivity contribution in [2.45, 2.75) is 13.8 Å². The zero-order chi connectivity index (χ0) is 27.1. The van der Waals surface area contributed by atoms with Gasteiger partial charge in [-0.25, -0.2) is 15.0 Å². The molecule has 1 aromatic heterocycles. The predicted octanol–water partition coefficient (Wildman–Crippen LogP) is 3.69. The molecule has 11 nitrogen and oxygen atoms in total. The Kier molecular flexibility index (Phi) is 9.42. The van der Waals surface area contributed by atoms with Crippen molar-refractivity contribution in [2.75, 3.05) is 20.3 Å². The number of phenols is 1. The molecule has 0 saturated heterocycles. The zero-order valence-corrected chi connectivity index (χ0v) is 23.1. The maximum atomic E-state index is 12.5. The molecule has 194 valence electrons. The molecule has 0 aliphatic carbocycles. The summed E-state index contributed by atoms with van der Waals surface area (Å²) in [6.45, 7) is 3.01. The average molecular weight is 638 g/mol. The molecular formula is C24H22Br2N4O7. The maximum Gasteiger partial charge on any atom is 0.345 e. The van der Waals surface area contributed by atoms with Crippen LogP contribution in [0.15, 0.2) is 49.2 Å². The third-order valence-corrected chi connectivity index (χ3v) is 5.91. The molecule has 0 fully saturated rings. The van der Waals surface area contributed by atoms with Crippen molar-refractivity contribution in [3.63, 3.8) is 0 Å². The van der Waals surface area contributed by atoms with Gasteiger partial charge in [-0.1, -0.05) is 15.9 Å². The van der Waals surface area contributed by atoms with E-state index in [2.05, 4.69) is 52.4 Å². The van der Waals surface area contributed by atoms with Crippen molar-refractivity contribution in [2.24, 2.45) is 5.10 Å². The summed E-state index contributed by atoms with van der Waals surface area (Å²) in [7, 11) is 1.40. The van der Waals surface area contributed by atoms with Crippen LogP contribution in [0.25, 0.3) is 11.3 Å². The van der Waals surface area contributed by atoms with Crippen LogP contribution >= 0.6 is 31.9 Å². The van der Waals surface area contributed by atoms with Crippen molar-refractivity contribution >= 4 is 50.0 Å². The second-order valence-electron chi connectivity index (χ2n) is 7.38. The molecule has 0 bridgehead atoms. The minimum absolute atomic E-state index is 0.0292. The number of halogens is 2. The number of hydrazone groups is 1. The number of aromatic hydroxyl groups is 1. The quantitative estimate of drug-likeness (QED) is 0.182. The van der Waals surface area contributed by atoms with Gasteiger partial charge in [-0.3, -0.25) is 4.79 Å². The number of methoxy groups -OCH3 is 1. The maximum absolute atomic E-state index is 12.5. The number of carbonyl (C=O) groups is 2. The summed E-state index contributed by atoms with van der Waals surface area (Å²) in [5.41, 5.74) is 3.04. The van der Waals surface area contributed by atoms with E-state index < -0.39 is 24.2 Å². The molecule has 0 unspecified atom stereocenters. The number of hydrogen-bond donors (Lipinski definition) is 3. The van der Waals surface area contributed by atoms with Crippen LogP contribution in [0.4, 0.5) is 0 Å². The number of aryl methyl sites for hydroxylation is 1. The lowest BCUT2D eigenvalue weighted by molar-refractivity contribution is -0.123. The molecule has 13 heteroatoms. The smallest absolute Gasteiger partial charge is 0.345 e. The van der Waals surface area contributed by atoms with Crippen molar-refractivity contribution in [1.82, 2.24) is 15.4 Å². The molecule has 0 spiro atoms. The Morgan fingerprint density at radius 2 is 1.97 bits per heavy atom. The Bertz CT molecular complexity index is 1420. The van der Waals surface area contributed by atoms with Gasteiger partial charge in [-0.2, -0.15) is 10.1 Å². The van der Waals surface area contributed by atoms with Gasteiger partial charge in [0, 0.05) is 21.3 Å². The third kappa shape index (κ3) is 6.95. The highest BCUT2D eigenvalue weighted by Gasteiger charge is 2.21. The Labute approximate surface area is 228 Å². The largest absolute Gasteiger partial charge is 0.506 e. The molecule has 1 heterocycles. The van der Waals surface area contributed by atoms with E-state index in [1.807, 2.05) is 0 Å². The number of nitrogens with one attached hydrogen (secondary N) is 2. The van der Waals surface area contributed by atoms with E-state index in [1.54, 1.807) is 32.0 Å². The molecular weight excluding hydrogens is 616 g/mol. The monoisotopic (exact) mass is 636 g/mol. The number of rotatable bonds is 9. The number of hydrogen-bond acceptors (Lipinski definition) is 9. The van der Waals surface area contributed by atoms with E-state index in [9.17, 15) is 19.5 Å². The first-order chi connectivity index (χ1) is 17.6. The lowest BCUT2D eigenvalue weighted by Gasteiger charge is -2.14. The Morgan fingerprint density at radius 3 is 2.68 bits per heavy atom. The fourth-order valence-corrected chi connectivity index (χ4v) is 4.47. The summed E-state index contributed by atoms with van der Waals surface area (Å²) in [6, 6.07) is 7.93. The van der Waals surface area contributed by atoms with E-state index in [1.165, 1.54) is 25.5 Å². The molecule has 2 aromatic carbocycles. The highest BCUT2D eigenvalue weighted by Crippen LogP contribution is 2.33. The Morgan fingerprint density at radius 1 is 1.22 bits per heavy atom. The van der Waals surface area contributed by atoms with Gasteiger partial charge in [0.1, 0.15) is 11.3 Å². The molecule has 3 N–H and O–H groups in total. The van der Waals surface area contributed by atoms with Gasteiger partial charge in [-0.05, 0) is 60.1 Å². The minimum atomic E-state index is -0.626. The van der Waals surface area contributed by atoms with Crippen molar-refractivity contribution in [3.8, 4) is 28.5 Å². The first-order valence-electron chi connectivity index (χ1n) is 10.7. The number of aromatic nitrogens is 2. The van der Waals surface area contributed by atoms with Crippen LogP contribution in [0.5, 0.6) is 17.2 Å². The van der Waals surface area contributed by atoms with E-state index >= 15 is 0 Å². The molecule has 3 aromatic rings. The second kappa shape index (κ2) is 12.5. The number of amides is 1.